The zero-order valence-corrected chi connectivity index (χ0v) is 15.6. The first-order valence-electron chi connectivity index (χ1n) is 8.89. The van der Waals surface area contributed by atoms with Crippen LogP contribution in [0.4, 0.5) is 5.69 Å². The van der Waals surface area contributed by atoms with Gasteiger partial charge in [-0.25, -0.2) is 4.68 Å². The summed E-state index contributed by atoms with van der Waals surface area (Å²) in [6.45, 7) is 3.95. The molecule has 1 fully saturated rings. The predicted octanol–water partition coefficient (Wildman–Crippen LogP) is 3.85. The highest BCUT2D eigenvalue weighted by Crippen LogP contribution is 2.25. The van der Waals surface area contributed by atoms with Crippen LogP contribution >= 0.6 is 11.3 Å². The number of nitrogens with zero attached hydrogens (tertiary/aromatic N) is 3. The molecule has 1 saturated heterocycles. The summed E-state index contributed by atoms with van der Waals surface area (Å²) < 4.78 is 1.79. The van der Waals surface area contributed by atoms with Crippen LogP contribution in [0.3, 0.4) is 0 Å². The normalized spacial score (nSPS) is 17.5. The number of carbonyl (C=O) groups excluding carboxylic acids is 1. The molecule has 3 aromatic rings. The van der Waals surface area contributed by atoms with E-state index in [0.717, 1.165) is 37.3 Å². The number of aromatic nitrogens is 2. The van der Waals surface area contributed by atoms with Gasteiger partial charge >= 0.3 is 0 Å². The Labute approximate surface area is 157 Å². The van der Waals surface area contributed by atoms with E-state index in [1.54, 1.807) is 10.9 Å². The minimum Gasteiger partial charge on any atom is -0.325 e. The highest BCUT2D eigenvalue weighted by atomic mass is 32.1. The van der Waals surface area contributed by atoms with Crippen LogP contribution in [-0.2, 0) is 11.3 Å². The highest BCUT2D eigenvalue weighted by molar-refractivity contribution is 7.11. The Kier molecular flexibility index (Phi) is 4.86. The summed E-state index contributed by atoms with van der Waals surface area (Å²) in [4.78, 5) is 17.8. The molecule has 1 aliphatic rings. The van der Waals surface area contributed by atoms with E-state index in [-0.39, 0.29) is 11.9 Å². The second-order valence-electron chi connectivity index (χ2n) is 6.63. The minimum atomic E-state index is -0.0641. The molecule has 26 heavy (non-hydrogen) atoms. The molecule has 1 atom stereocenters. The van der Waals surface area contributed by atoms with E-state index < -0.39 is 0 Å². The fourth-order valence-electron chi connectivity index (χ4n) is 3.46. The smallest absolute Gasteiger partial charge is 0.241 e. The summed E-state index contributed by atoms with van der Waals surface area (Å²) in [5, 5.41) is 7.33. The van der Waals surface area contributed by atoms with E-state index >= 15 is 0 Å². The first kappa shape index (κ1) is 17.0. The van der Waals surface area contributed by atoms with Crippen molar-refractivity contribution in [2.24, 2.45) is 0 Å². The van der Waals surface area contributed by atoms with Gasteiger partial charge in [0.15, 0.2) is 0 Å². The Hall–Kier alpha value is -2.44. The molecule has 5 nitrogen and oxygen atoms in total. The summed E-state index contributed by atoms with van der Waals surface area (Å²) >= 11 is 1.81. The first-order valence-corrected chi connectivity index (χ1v) is 9.71. The van der Waals surface area contributed by atoms with Crippen molar-refractivity contribution in [2.75, 3.05) is 11.9 Å². The molecule has 1 aliphatic heterocycles. The Morgan fingerprint density at radius 3 is 3.00 bits per heavy atom. The molecule has 4 rings (SSSR count). The van der Waals surface area contributed by atoms with E-state index in [4.69, 9.17) is 0 Å². The zero-order chi connectivity index (χ0) is 17.9. The van der Waals surface area contributed by atoms with Gasteiger partial charge in [0.1, 0.15) is 0 Å². The monoisotopic (exact) mass is 366 g/mol. The van der Waals surface area contributed by atoms with Gasteiger partial charge in [-0.3, -0.25) is 9.69 Å². The van der Waals surface area contributed by atoms with Gasteiger partial charge in [-0.15, -0.1) is 11.3 Å². The van der Waals surface area contributed by atoms with Crippen molar-refractivity contribution in [3.63, 3.8) is 0 Å². The van der Waals surface area contributed by atoms with Gasteiger partial charge in [-0.1, -0.05) is 6.07 Å². The van der Waals surface area contributed by atoms with Gasteiger partial charge in [0, 0.05) is 34.4 Å². The SMILES string of the molecule is Cc1ccc(CN2CCCC2C(=O)Nc2cccc(-n3cccn3)c2)s1. The van der Waals surface area contributed by atoms with Crippen LogP contribution < -0.4 is 5.32 Å². The Morgan fingerprint density at radius 2 is 2.23 bits per heavy atom. The molecule has 0 saturated carbocycles. The van der Waals surface area contributed by atoms with E-state index in [9.17, 15) is 4.79 Å². The lowest BCUT2D eigenvalue weighted by Crippen LogP contribution is -2.39. The Balaban J connectivity index is 1.44. The molecule has 0 bridgehead atoms. The molecule has 0 aliphatic carbocycles. The Morgan fingerprint density at radius 1 is 1.31 bits per heavy atom. The molecule has 2 aromatic heterocycles. The number of rotatable bonds is 5. The number of benzene rings is 1. The molecule has 134 valence electrons. The molecular formula is C20H22N4OS. The second kappa shape index (κ2) is 7.43. The number of thiophene rings is 1. The summed E-state index contributed by atoms with van der Waals surface area (Å²) in [5.74, 6) is 0.0772. The summed E-state index contributed by atoms with van der Waals surface area (Å²) in [6, 6.07) is 13.9. The van der Waals surface area contributed by atoms with E-state index in [1.807, 2.05) is 47.9 Å². The van der Waals surface area contributed by atoms with Crippen LogP contribution in [0.15, 0.2) is 54.9 Å². The van der Waals surface area contributed by atoms with Crippen molar-refractivity contribution < 1.29 is 4.79 Å². The fraction of sp³-hybridized carbons (Fsp3) is 0.300. The van der Waals surface area contributed by atoms with Crippen LogP contribution in [-0.4, -0.2) is 33.2 Å². The maximum atomic E-state index is 12.8. The van der Waals surface area contributed by atoms with E-state index in [0.29, 0.717) is 0 Å². The Bertz CT molecular complexity index is 887. The molecule has 1 unspecified atom stereocenters. The van der Waals surface area contributed by atoms with Gasteiger partial charge < -0.3 is 5.32 Å². The maximum absolute atomic E-state index is 12.8. The predicted molar refractivity (Wildman–Crippen MR) is 105 cm³/mol. The third kappa shape index (κ3) is 3.71. The standard InChI is InChI=1S/C20H22N4OS/c1-15-8-9-18(26-15)14-23-11-3-7-19(23)20(25)22-16-5-2-6-17(13-16)24-12-4-10-21-24/h2,4-6,8-10,12-13,19H,3,7,11,14H2,1H3,(H,22,25). The largest absolute Gasteiger partial charge is 0.325 e. The van der Waals surface area contributed by atoms with E-state index in [2.05, 4.69) is 34.4 Å². The lowest BCUT2D eigenvalue weighted by Gasteiger charge is -2.23. The quantitative estimate of drug-likeness (QED) is 0.746. The number of carbonyl (C=O) groups is 1. The van der Waals surface area contributed by atoms with Crippen molar-refractivity contribution in [2.45, 2.75) is 32.4 Å². The summed E-state index contributed by atoms with van der Waals surface area (Å²) in [5.41, 5.74) is 1.74. The van der Waals surface area contributed by atoms with Crippen molar-refractivity contribution in [3.05, 3.63) is 64.6 Å². The van der Waals surface area contributed by atoms with Gasteiger partial charge in [0.25, 0.3) is 0 Å². The third-order valence-corrected chi connectivity index (χ3v) is 5.69. The van der Waals surface area contributed by atoms with Crippen LogP contribution in [0, 0.1) is 6.92 Å². The van der Waals surface area contributed by atoms with Crippen LogP contribution in [0.5, 0.6) is 0 Å². The number of nitrogens with one attached hydrogen (secondary N) is 1. The first-order chi connectivity index (χ1) is 12.7. The zero-order valence-electron chi connectivity index (χ0n) is 14.8. The van der Waals surface area contributed by atoms with Crippen molar-refractivity contribution in [1.29, 1.82) is 0 Å². The second-order valence-corrected chi connectivity index (χ2v) is 8.00. The fourth-order valence-corrected chi connectivity index (χ4v) is 4.37. The lowest BCUT2D eigenvalue weighted by molar-refractivity contribution is -0.120. The molecule has 3 heterocycles. The van der Waals surface area contributed by atoms with Gasteiger partial charge in [0.2, 0.25) is 5.91 Å². The van der Waals surface area contributed by atoms with E-state index in [1.165, 1.54) is 9.75 Å². The van der Waals surface area contributed by atoms with Crippen LogP contribution in [0.25, 0.3) is 5.69 Å². The lowest BCUT2D eigenvalue weighted by atomic mass is 10.2. The molecule has 0 radical (unpaired) electrons. The van der Waals surface area contributed by atoms with Gasteiger partial charge in [-0.2, -0.15) is 5.10 Å². The molecule has 1 N–H and O–H groups in total. The number of likely N-dealkylation sites (tertiary alicyclic amines) is 1. The number of anilines is 1. The molecule has 6 heteroatoms. The molecule has 1 aromatic carbocycles. The molecule has 0 spiro atoms. The summed E-state index contributed by atoms with van der Waals surface area (Å²) in [7, 11) is 0. The van der Waals surface area contributed by atoms with Crippen molar-refractivity contribution >= 4 is 22.9 Å². The average Bonchev–Trinajstić information content (AvgIpc) is 3.37. The van der Waals surface area contributed by atoms with Crippen molar-refractivity contribution in [1.82, 2.24) is 14.7 Å². The molecule has 1 amide bonds. The minimum absolute atomic E-state index is 0.0641. The van der Waals surface area contributed by atoms with Crippen LogP contribution in [0.1, 0.15) is 22.6 Å². The number of amides is 1. The van der Waals surface area contributed by atoms with Crippen molar-refractivity contribution in [3.8, 4) is 5.69 Å². The highest BCUT2D eigenvalue weighted by Gasteiger charge is 2.30. The topological polar surface area (TPSA) is 50.2 Å². The number of hydrogen-bond donors (Lipinski definition) is 1. The summed E-state index contributed by atoms with van der Waals surface area (Å²) in [6.07, 6.45) is 5.61. The maximum Gasteiger partial charge on any atom is 0.241 e. The molecular weight excluding hydrogens is 344 g/mol. The third-order valence-electron chi connectivity index (χ3n) is 4.70. The average molecular weight is 366 g/mol. The van der Waals surface area contributed by atoms with Crippen LogP contribution in [0.2, 0.25) is 0 Å². The number of aryl methyl sites for hydroxylation is 1. The van der Waals surface area contributed by atoms with Gasteiger partial charge in [-0.05, 0) is 62.7 Å². The van der Waals surface area contributed by atoms with Gasteiger partial charge in [0.05, 0.1) is 11.7 Å². The number of hydrogen-bond acceptors (Lipinski definition) is 4.